The second-order valence-corrected chi connectivity index (χ2v) is 6.60. The maximum absolute atomic E-state index is 12.1. The third-order valence-corrected chi connectivity index (χ3v) is 4.24. The van der Waals surface area contributed by atoms with Crippen LogP contribution in [0.4, 0.5) is 4.79 Å². The zero-order chi connectivity index (χ0) is 16.1. The van der Waals surface area contributed by atoms with Gasteiger partial charge in [-0.1, -0.05) is 37.7 Å². The summed E-state index contributed by atoms with van der Waals surface area (Å²) in [6.07, 6.45) is 0.930. The quantitative estimate of drug-likeness (QED) is 0.875. The predicted molar refractivity (Wildman–Crippen MR) is 86.6 cm³/mol. The van der Waals surface area contributed by atoms with Crippen LogP contribution in [0.1, 0.15) is 36.2 Å². The van der Waals surface area contributed by atoms with Crippen LogP contribution in [-0.4, -0.2) is 34.3 Å². The third kappa shape index (κ3) is 4.34. The highest BCUT2D eigenvalue weighted by Gasteiger charge is 2.29. The summed E-state index contributed by atoms with van der Waals surface area (Å²) >= 11 is 1.02. The topological polar surface area (TPSA) is 66.5 Å². The standard InChI is InChI=1S/C16H20N2O3S/c1-11(2)6-7-17-15(20)13-5-3-4-12(8-13)9-18-14(19)10-22-16(18)21/h3-5,8,11H,6-7,9-10H2,1-2H3,(H,17,20). The van der Waals surface area contributed by atoms with E-state index < -0.39 is 0 Å². The van der Waals surface area contributed by atoms with Crippen LogP contribution in [0.15, 0.2) is 24.3 Å². The number of thioether (sulfide) groups is 1. The Bertz CT molecular complexity index is 571. The smallest absolute Gasteiger partial charge is 0.289 e. The molecular weight excluding hydrogens is 300 g/mol. The molecule has 1 aromatic rings. The molecule has 1 aliphatic rings. The summed E-state index contributed by atoms with van der Waals surface area (Å²) in [5.74, 6) is 0.433. The molecule has 0 unspecified atom stereocenters. The molecule has 0 aromatic heterocycles. The molecule has 5 nitrogen and oxygen atoms in total. The van der Waals surface area contributed by atoms with Gasteiger partial charge in [0.05, 0.1) is 12.3 Å². The van der Waals surface area contributed by atoms with E-state index >= 15 is 0 Å². The first-order chi connectivity index (χ1) is 10.5. The first kappa shape index (κ1) is 16.5. The van der Waals surface area contributed by atoms with Crippen LogP contribution in [-0.2, 0) is 11.3 Å². The Balaban J connectivity index is 1.99. The van der Waals surface area contributed by atoms with Crippen molar-refractivity contribution in [1.82, 2.24) is 10.2 Å². The van der Waals surface area contributed by atoms with E-state index in [-0.39, 0.29) is 29.4 Å². The van der Waals surface area contributed by atoms with Crippen LogP contribution in [0.5, 0.6) is 0 Å². The molecular formula is C16H20N2O3S. The van der Waals surface area contributed by atoms with Crippen molar-refractivity contribution in [1.29, 1.82) is 0 Å². The molecule has 1 saturated heterocycles. The van der Waals surface area contributed by atoms with Crippen molar-refractivity contribution in [2.45, 2.75) is 26.8 Å². The number of hydrogen-bond donors (Lipinski definition) is 1. The van der Waals surface area contributed by atoms with E-state index in [1.165, 1.54) is 4.90 Å². The summed E-state index contributed by atoms with van der Waals surface area (Å²) in [5.41, 5.74) is 1.33. The van der Waals surface area contributed by atoms with Crippen molar-refractivity contribution in [3.8, 4) is 0 Å². The molecule has 0 saturated carbocycles. The van der Waals surface area contributed by atoms with Crippen LogP contribution in [0.2, 0.25) is 0 Å². The summed E-state index contributed by atoms with van der Waals surface area (Å²) in [5, 5.41) is 2.65. The molecule has 0 radical (unpaired) electrons. The number of nitrogens with one attached hydrogen (secondary N) is 1. The molecule has 1 aliphatic heterocycles. The van der Waals surface area contributed by atoms with E-state index in [2.05, 4.69) is 19.2 Å². The lowest BCUT2D eigenvalue weighted by Gasteiger charge is -2.13. The number of carbonyl (C=O) groups is 3. The van der Waals surface area contributed by atoms with Crippen molar-refractivity contribution < 1.29 is 14.4 Å². The van der Waals surface area contributed by atoms with E-state index in [4.69, 9.17) is 0 Å². The highest BCUT2D eigenvalue weighted by atomic mass is 32.2. The lowest BCUT2D eigenvalue weighted by Crippen LogP contribution is -2.28. The largest absolute Gasteiger partial charge is 0.352 e. The zero-order valence-electron chi connectivity index (χ0n) is 12.8. The van der Waals surface area contributed by atoms with Gasteiger partial charge in [-0.25, -0.2) is 0 Å². The second kappa shape index (κ2) is 7.45. The molecule has 22 heavy (non-hydrogen) atoms. The van der Waals surface area contributed by atoms with Crippen LogP contribution in [0.25, 0.3) is 0 Å². The SMILES string of the molecule is CC(C)CCNC(=O)c1cccc(CN2C(=O)CSC2=O)c1. The molecule has 1 heterocycles. The fraction of sp³-hybridized carbons (Fsp3) is 0.438. The molecule has 0 bridgehead atoms. The summed E-state index contributed by atoms with van der Waals surface area (Å²) < 4.78 is 0. The minimum atomic E-state index is -0.225. The van der Waals surface area contributed by atoms with Gasteiger partial charge < -0.3 is 5.32 Å². The van der Waals surface area contributed by atoms with Gasteiger partial charge in [-0.2, -0.15) is 0 Å². The highest BCUT2D eigenvalue weighted by molar-refractivity contribution is 8.14. The Hall–Kier alpha value is -1.82. The second-order valence-electron chi connectivity index (χ2n) is 5.67. The summed E-state index contributed by atoms with van der Waals surface area (Å²) in [6.45, 7) is 5.07. The fourth-order valence-electron chi connectivity index (χ4n) is 2.10. The molecule has 0 spiro atoms. The zero-order valence-corrected chi connectivity index (χ0v) is 13.6. The van der Waals surface area contributed by atoms with Crippen molar-refractivity contribution in [3.05, 3.63) is 35.4 Å². The van der Waals surface area contributed by atoms with E-state index in [1.807, 2.05) is 6.07 Å². The van der Waals surface area contributed by atoms with Crippen LogP contribution < -0.4 is 5.32 Å². The molecule has 6 heteroatoms. The van der Waals surface area contributed by atoms with Crippen LogP contribution in [0, 0.1) is 5.92 Å². The number of imide groups is 1. The minimum absolute atomic E-state index is 0.129. The Morgan fingerprint density at radius 2 is 2.14 bits per heavy atom. The predicted octanol–water partition coefficient (Wildman–Crippen LogP) is 2.66. The molecule has 0 aliphatic carbocycles. The average molecular weight is 320 g/mol. The van der Waals surface area contributed by atoms with Crippen molar-refractivity contribution in [3.63, 3.8) is 0 Å². The Morgan fingerprint density at radius 3 is 2.77 bits per heavy atom. The average Bonchev–Trinajstić information content (AvgIpc) is 2.79. The van der Waals surface area contributed by atoms with Gasteiger partial charge >= 0.3 is 0 Å². The van der Waals surface area contributed by atoms with Crippen molar-refractivity contribution >= 4 is 28.8 Å². The summed E-state index contributed by atoms with van der Waals surface area (Å²) in [4.78, 5) is 36.5. The van der Waals surface area contributed by atoms with Crippen molar-refractivity contribution in [2.75, 3.05) is 12.3 Å². The van der Waals surface area contributed by atoms with Crippen LogP contribution >= 0.6 is 11.8 Å². The molecule has 2 rings (SSSR count). The maximum atomic E-state index is 12.1. The highest BCUT2D eigenvalue weighted by Crippen LogP contribution is 2.21. The molecule has 118 valence electrons. The van der Waals surface area contributed by atoms with E-state index in [9.17, 15) is 14.4 Å². The Morgan fingerprint density at radius 1 is 1.36 bits per heavy atom. The number of rotatable bonds is 6. The molecule has 1 fully saturated rings. The first-order valence-electron chi connectivity index (χ1n) is 7.31. The molecule has 3 amide bonds. The monoisotopic (exact) mass is 320 g/mol. The lowest BCUT2D eigenvalue weighted by atomic mass is 10.1. The Labute approximate surface area is 134 Å². The fourth-order valence-corrected chi connectivity index (χ4v) is 2.83. The van der Waals surface area contributed by atoms with Gasteiger partial charge in [-0.05, 0) is 30.0 Å². The van der Waals surface area contributed by atoms with Gasteiger partial charge in [0.1, 0.15) is 0 Å². The molecule has 1 aromatic carbocycles. The minimum Gasteiger partial charge on any atom is -0.352 e. The number of hydrogen-bond acceptors (Lipinski definition) is 4. The summed E-state index contributed by atoms with van der Waals surface area (Å²) in [6, 6.07) is 7.05. The Kier molecular flexibility index (Phi) is 5.60. The van der Waals surface area contributed by atoms with Gasteiger partial charge in [0.15, 0.2) is 0 Å². The van der Waals surface area contributed by atoms with Gasteiger partial charge in [0, 0.05) is 12.1 Å². The van der Waals surface area contributed by atoms with E-state index in [0.29, 0.717) is 18.0 Å². The molecule has 1 N–H and O–H groups in total. The van der Waals surface area contributed by atoms with E-state index in [0.717, 1.165) is 23.7 Å². The first-order valence-corrected chi connectivity index (χ1v) is 8.30. The molecule has 0 atom stereocenters. The van der Waals surface area contributed by atoms with Crippen LogP contribution in [0.3, 0.4) is 0 Å². The summed E-state index contributed by atoms with van der Waals surface area (Å²) in [7, 11) is 0. The number of benzene rings is 1. The number of nitrogens with zero attached hydrogens (tertiary/aromatic N) is 1. The lowest BCUT2D eigenvalue weighted by molar-refractivity contribution is -0.125. The number of amides is 3. The van der Waals surface area contributed by atoms with Gasteiger partial charge in [-0.15, -0.1) is 0 Å². The van der Waals surface area contributed by atoms with Gasteiger partial charge in [0.25, 0.3) is 11.1 Å². The maximum Gasteiger partial charge on any atom is 0.289 e. The van der Waals surface area contributed by atoms with Crippen molar-refractivity contribution in [2.24, 2.45) is 5.92 Å². The van der Waals surface area contributed by atoms with Gasteiger partial charge in [-0.3, -0.25) is 19.3 Å². The number of carbonyl (C=O) groups excluding carboxylic acids is 3. The van der Waals surface area contributed by atoms with E-state index in [1.54, 1.807) is 18.2 Å². The third-order valence-electron chi connectivity index (χ3n) is 3.38. The normalized spacial score (nSPS) is 14.8. The van der Waals surface area contributed by atoms with Gasteiger partial charge in [0.2, 0.25) is 5.91 Å².